The smallest absolute Gasteiger partial charge is 0.0319 e. The first-order valence-electron chi connectivity index (χ1n) is 6.20. The van der Waals surface area contributed by atoms with Gasteiger partial charge in [-0.1, -0.05) is 45.4 Å². The van der Waals surface area contributed by atoms with Crippen LogP contribution in [0.4, 0.5) is 0 Å². The summed E-state index contributed by atoms with van der Waals surface area (Å²) < 4.78 is 0. The number of unbranched alkanes of at least 4 members (excludes halogenated alkanes) is 5. The molecule has 0 bridgehead atoms. The molecule has 1 unspecified atom stereocenters. The fraction of sp³-hybridized carbons (Fsp3) is 0.846. The average molecular weight is 210 g/mol. The molecular weight excluding hydrogens is 184 g/mol. The van der Waals surface area contributed by atoms with Crippen molar-refractivity contribution < 1.29 is 0 Å². The fourth-order valence-electron chi connectivity index (χ4n) is 1.64. The highest BCUT2D eigenvalue weighted by Crippen LogP contribution is 2.09. The predicted molar refractivity (Wildman–Crippen MR) is 67.2 cm³/mol. The lowest BCUT2D eigenvalue weighted by atomic mass is 10.0. The first-order chi connectivity index (χ1) is 7.35. The molecular formula is C13H26N2. The molecule has 0 spiro atoms. The quantitative estimate of drug-likeness (QED) is 0.266. The molecule has 15 heavy (non-hydrogen) atoms. The van der Waals surface area contributed by atoms with Crippen LogP contribution in [0.3, 0.4) is 0 Å². The SMILES string of the molecule is CC#CCC(CCCCCCCC)NN. The topological polar surface area (TPSA) is 38.0 Å². The zero-order valence-electron chi connectivity index (χ0n) is 10.3. The van der Waals surface area contributed by atoms with E-state index in [1.54, 1.807) is 0 Å². The summed E-state index contributed by atoms with van der Waals surface area (Å²) in [5.74, 6) is 11.4. The van der Waals surface area contributed by atoms with E-state index in [0.29, 0.717) is 6.04 Å². The Morgan fingerprint density at radius 1 is 1.13 bits per heavy atom. The minimum atomic E-state index is 0.378. The van der Waals surface area contributed by atoms with Gasteiger partial charge in [0.2, 0.25) is 0 Å². The van der Waals surface area contributed by atoms with E-state index < -0.39 is 0 Å². The van der Waals surface area contributed by atoms with Gasteiger partial charge in [0.25, 0.3) is 0 Å². The molecule has 0 aliphatic rings. The van der Waals surface area contributed by atoms with Crippen LogP contribution in [0.2, 0.25) is 0 Å². The van der Waals surface area contributed by atoms with Gasteiger partial charge in [-0.3, -0.25) is 11.3 Å². The molecule has 88 valence electrons. The molecule has 0 saturated heterocycles. The van der Waals surface area contributed by atoms with Crippen molar-refractivity contribution in [3.05, 3.63) is 0 Å². The van der Waals surface area contributed by atoms with Gasteiger partial charge in [-0.15, -0.1) is 11.8 Å². The highest BCUT2D eigenvalue weighted by Gasteiger charge is 2.03. The Morgan fingerprint density at radius 2 is 1.80 bits per heavy atom. The molecule has 0 aromatic heterocycles. The van der Waals surface area contributed by atoms with Crippen molar-refractivity contribution in [3.8, 4) is 11.8 Å². The maximum Gasteiger partial charge on any atom is 0.0319 e. The first kappa shape index (κ1) is 14.5. The zero-order chi connectivity index (χ0) is 11.4. The Bertz CT molecular complexity index is 179. The van der Waals surface area contributed by atoms with Crippen LogP contribution >= 0.6 is 0 Å². The van der Waals surface area contributed by atoms with E-state index in [4.69, 9.17) is 5.84 Å². The number of hydrogen-bond donors (Lipinski definition) is 2. The molecule has 0 fully saturated rings. The van der Waals surface area contributed by atoms with Gasteiger partial charge in [-0.25, -0.2) is 0 Å². The molecule has 0 aromatic rings. The van der Waals surface area contributed by atoms with Gasteiger partial charge in [0, 0.05) is 12.5 Å². The molecule has 0 heterocycles. The van der Waals surface area contributed by atoms with Crippen molar-refractivity contribution in [2.75, 3.05) is 0 Å². The van der Waals surface area contributed by atoms with Crippen molar-refractivity contribution in [1.82, 2.24) is 5.43 Å². The Morgan fingerprint density at radius 3 is 2.40 bits per heavy atom. The first-order valence-corrected chi connectivity index (χ1v) is 6.20. The van der Waals surface area contributed by atoms with Crippen LogP contribution < -0.4 is 11.3 Å². The van der Waals surface area contributed by atoms with Gasteiger partial charge in [0.05, 0.1) is 0 Å². The molecule has 1 atom stereocenters. The Balaban J connectivity index is 3.32. The summed E-state index contributed by atoms with van der Waals surface area (Å²) in [6.45, 7) is 4.12. The molecule has 0 amide bonds. The van der Waals surface area contributed by atoms with Crippen molar-refractivity contribution in [3.63, 3.8) is 0 Å². The Kier molecular flexibility index (Phi) is 11.2. The van der Waals surface area contributed by atoms with Crippen molar-refractivity contribution in [2.24, 2.45) is 5.84 Å². The largest absolute Gasteiger partial charge is 0.271 e. The summed E-state index contributed by atoms with van der Waals surface area (Å²) in [5.41, 5.74) is 2.84. The highest BCUT2D eigenvalue weighted by atomic mass is 15.2. The number of nitrogens with one attached hydrogen (secondary N) is 1. The molecule has 0 saturated carbocycles. The van der Waals surface area contributed by atoms with Crippen LogP contribution in [0.1, 0.15) is 65.2 Å². The molecule has 0 radical (unpaired) electrons. The third-order valence-electron chi connectivity index (χ3n) is 2.67. The third kappa shape index (κ3) is 9.78. The maximum absolute atomic E-state index is 5.46. The lowest BCUT2D eigenvalue weighted by molar-refractivity contribution is 0.469. The number of nitrogens with two attached hydrogens (primary N) is 1. The van der Waals surface area contributed by atoms with Crippen molar-refractivity contribution in [2.45, 2.75) is 71.3 Å². The third-order valence-corrected chi connectivity index (χ3v) is 2.67. The van der Waals surface area contributed by atoms with E-state index >= 15 is 0 Å². The molecule has 3 N–H and O–H groups in total. The van der Waals surface area contributed by atoms with Crippen LogP contribution in [0, 0.1) is 11.8 Å². The summed E-state index contributed by atoms with van der Waals surface area (Å²) in [4.78, 5) is 0. The van der Waals surface area contributed by atoms with Crippen LogP contribution in [0.25, 0.3) is 0 Å². The Hall–Kier alpha value is -0.520. The van der Waals surface area contributed by atoms with Gasteiger partial charge < -0.3 is 0 Å². The summed E-state index contributed by atoms with van der Waals surface area (Å²) in [5, 5.41) is 0. The summed E-state index contributed by atoms with van der Waals surface area (Å²) in [7, 11) is 0. The molecule has 0 rings (SSSR count). The Labute approximate surface area is 95.0 Å². The van der Waals surface area contributed by atoms with Gasteiger partial charge in [-0.05, 0) is 13.3 Å². The number of hydrazine groups is 1. The summed E-state index contributed by atoms with van der Waals surface area (Å²) in [6, 6.07) is 0.378. The van der Waals surface area contributed by atoms with E-state index in [1.165, 1.54) is 38.5 Å². The van der Waals surface area contributed by atoms with Crippen LogP contribution in [-0.2, 0) is 0 Å². The zero-order valence-corrected chi connectivity index (χ0v) is 10.3. The van der Waals surface area contributed by atoms with Crippen LogP contribution in [0.15, 0.2) is 0 Å². The standard InChI is InChI=1S/C13H26N2/c1-3-5-7-8-9-10-12-13(15-14)11-6-4-2/h13,15H,3,5,7-12,14H2,1-2H3. The monoisotopic (exact) mass is 210 g/mol. The lowest BCUT2D eigenvalue weighted by Crippen LogP contribution is -2.34. The molecule has 2 nitrogen and oxygen atoms in total. The molecule has 0 aromatic carbocycles. The van der Waals surface area contributed by atoms with Crippen LogP contribution in [0.5, 0.6) is 0 Å². The minimum Gasteiger partial charge on any atom is -0.271 e. The van der Waals surface area contributed by atoms with Crippen molar-refractivity contribution >= 4 is 0 Å². The van der Waals surface area contributed by atoms with E-state index in [9.17, 15) is 0 Å². The molecule has 0 aliphatic carbocycles. The van der Waals surface area contributed by atoms with Gasteiger partial charge >= 0.3 is 0 Å². The van der Waals surface area contributed by atoms with Gasteiger partial charge in [0.1, 0.15) is 0 Å². The average Bonchev–Trinajstić information content (AvgIpc) is 2.27. The number of hydrogen-bond acceptors (Lipinski definition) is 2. The normalized spacial score (nSPS) is 11.9. The second-order valence-electron chi connectivity index (χ2n) is 4.05. The van der Waals surface area contributed by atoms with E-state index in [0.717, 1.165) is 12.8 Å². The van der Waals surface area contributed by atoms with Gasteiger partial charge in [0.15, 0.2) is 0 Å². The second kappa shape index (κ2) is 11.6. The second-order valence-corrected chi connectivity index (χ2v) is 4.05. The predicted octanol–water partition coefficient (Wildman–Crippen LogP) is 2.98. The maximum atomic E-state index is 5.46. The number of rotatable bonds is 9. The van der Waals surface area contributed by atoms with Gasteiger partial charge in [-0.2, -0.15) is 0 Å². The highest BCUT2D eigenvalue weighted by molar-refractivity contribution is 4.97. The minimum absolute atomic E-state index is 0.378. The fourth-order valence-corrected chi connectivity index (χ4v) is 1.64. The summed E-state index contributed by atoms with van der Waals surface area (Å²) in [6.07, 6.45) is 10.1. The van der Waals surface area contributed by atoms with E-state index in [2.05, 4.69) is 24.2 Å². The van der Waals surface area contributed by atoms with Crippen molar-refractivity contribution in [1.29, 1.82) is 0 Å². The molecule has 0 aliphatic heterocycles. The lowest BCUT2D eigenvalue weighted by Gasteiger charge is -2.12. The molecule has 2 heteroatoms. The van der Waals surface area contributed by atoms with Crippen LogP contribution in [-0.4, -0.2) is 6.04 Å². The van der Waals surface area contributed by atoms with E-state index in [1.807, 2.05) is 6.92 Å². The summed E-state index contributed by atoms with van der Waals surface area (Å²) >= 11 is 0. The van der Waals surface area contributed by atoms with E-state index in [-0.39, 0.29) is 0 Å².